The van der Waals surface area contributed by atoms with Gasteiger partial charge >= 0.3 is 5.97 Å². The van der Waals surface area contributed by atoms with Gasteiger partial charge in [-0.3, -0.25) is 4.79 Å². The molecule has 0 N–H and O–H groups in total. The van der Waals surface area contributed by atoms with Crippen LogP contribution in [0.15, 0.2) is 0 Å². The van der Waals surface area contributed by atoms with Crippen molar-refractivity contribution in [2.75, 3.05) is 19.8 Å². The molecule has 0 saturated carbocycles. The van der Waals surface area contributed by atoms with Crippen molar-refractivity contribution in [3.05, 3.63) is 0 Å². The van der Waals surface area contributed by atoms with E-state index in [0.29, 0.717) is 19.8 Å². The minimum Gasteiger partial charge on any atom is -0.465 e. The zero-order valence-electron chi connectivity index (χ0n) is 12.3. The maximum atomic E-state index is 12.2. The van der Waals surface area contributed by atoms with Crippen molar-refractivity contribution in [3.63, 3.8) is 0 Å². The van der Waals surface area contributed by atoms with E-state index in [4.69, 9.17) is 9.47 Å². The summed E-state index contributed by atoms with van der Waals surface area (Å²) >= 11 is 0. The minimum atomic E-state index is -0.587. The Labute approximate surface area is 106 Å². The van der Waals surface area contributed by atoms with Crippen molar-refractivity contribution >= 4 is 5.97 Å². The molecule has 3 heteroatoms. The minimum absolute atomic E-state index is 0.146. The molecule has 102 valence electrons. The van der Waals surface area contributed by atoms with Crippen LogP contribution in [-0.2, 0) is 14.3 Å². The Balaban J connectivity index is 4.62. The first kappa shape index (κ1) is 16.4. The quantitative estimate of drug-likeness (QED) is 0.508. The molecule has 1 atom stereocenters. The fourth-order valence-corrected chi connectivity index (χ4v) is 1.36. The molecule has 0 radical (unpaired) electrons. The van der Waals surface area contributed by atoms with E-state index in [1.807, 2.05) is 34.6 Å². The molecule has 0 aromatic rings. The van der Waals surface area contributed by atoms with Gasteiger partial charge in [0.05, 0.1) is 18.6 Å². The van der Waals surface area contributed by atoms with Gasteiger partial charge in [-0.25, -0.2) is 0 Å². The lowest BCUT2D eigenvalue weighted by atomic mass is 9.68. The standard InChI is InChI=1S/C14H28O3/c1-7-9-10-17-12(15)14(6,11-16-8-2)13(3,4)5/h7-11H2,1-6H3. The predicted octanol–water partition coefficient (Wildman–Crippen LogP) is 3.42. The predicted molar refractivity (Wildman–Crippen MR) is 69.9 cm³/mol. The third-order valence-electron chi connectivity index (χ3n) is 3.43. The number of carbonyl (C=O) groups is 1. The van der Waals surface area contributed by atoms with Crippen LogP contribution in [0.25, 0.3) is 0 Å². The van der Waals surface area contributed by atoms with E-state index in [-0.39, 0.29) is 11.4 Å². The van der Waals surface area contributed by atoms with E-state index < -0.39 is 5.41 Å². The Kier molecular flexibility index (Phi) is 6.76. The van der Waals surface area contributed by atoms with Gasteiger partial charge in [-0.05, 0) is 25.7 Å². The second-order valence-electron chi connectivity index (χ2n) is 5.71. The van der Waals surface area contributed by atoms with Gasteiger partial charge in [0.2, 0.25) is 0 Å². The summed E-state index contributed by atoms with van der Waals surface area (Å²) in [5.41, 5.74) is -0.762. The first-order chi connectivity index (χ1) is 7.79. The van der Waals surface area contributed by atoms with Gasteiger partial charge in [0, 0.05) is 6.61 Å². The molecular formula is C14H28O3. The van der Waals surface area contributed by atoms with E-state index in [0.717, 1.165) is 12.8 Å². The number of unbranched alkanes of at least 4 members (excludes halogenated alkanes) is 1. The van der Waals surface area contributed by atoms with Crippen LogP contribution in [0.1, 0.15) is 54.4 Å². The Morgan fingerprint density at radius 1 is 1.12 bits per heavy atom. The molecule has 0 bridgehead atoms. The molecule has 0 aromatic carbocycles. The second-order valence-corrected chi connectivity index (χ2v) is 5.71. The van der Waals surface area contributed by atoms with E-state index in [9.17, 15) is 4.79 Å². The first-order valence-electron chi connectivity index (χ1n) is 6.54. The van der Waals surface area contributed by atoms with Crippen LogP contribution < -0.4 is 0 Å². The lowest BCUT2D eigenvalue weighted by Crippen LogP contribution is -2.45. The summed E-state index contributed by atoms with van der Waals surface area (Å²) in [4.78, 5) is 12.2. The van der Waals surface area contributed by atoms with Crippen LogP contribution in [0.5, 0.6) is 0 Å². The van der Waals surface area contributed by atoms with E-state index in [2.05, 4.69) is 6.92 Å². The summed E-state index contributed by atoms with van der Waals surface area (Å²) < 4.78 is 10.8. The summed E-state index contributed by atoms with van der Waals surface area (Å²) in [6.07, 6.45) is 1.95. The van der Waals surface area contributed by atoms with Crippen molar-refractivity contribution in [1.29, 1.82) is 0 Å². The van der Waals surface area contributed by atoms with Gasteiger partial charge in [-0.15, -0.1) is 0 Å². The van der Waals surface area contributed by atoms with Crippen LogP contribution >= 0.6 is 0 Å². The van der Waals surface area contributed by atoms with Crippen molar-refractivity contribution in [2.24, 2.45) is 10.8 Å². The van der Waals surface area contributed by atoms with Crippen molar-refractivity contribution < 1.29 is 14.3 Å². The summed E-state index contributed by atoms with van der Waals surface area (Å²) in [5.74, 6) is -0.146. The summed E-state index contributed by atoms with van der Waals surface area (Å²) in [6.45, 7) is 13.6. The zero-order chi connectivity index (χ0) is 13.5. The highest BCUT2D eigenvalue weighted by atomic mass is 16.5. The number of hydrogen-bond acceptors (Lipinski definition) is 3. The fraction of sp³-hybridized carbons (Fsp3) is 0.929. The Hall–Kier alpha value is -0.570. The van der Waals surface area contributed by atoms with E-state index >= 15 is 0 Å². The number of hydrogen-bond donors (Lipinski definition) is 0. The number of rotatable bonds is 7. The fourth-order valence-electron chi connectivity index (χ4n) is 1.36. The zero-order valence-corrected chi connectivity index (χ0v) is 12.3. The number of ether oxygens (including phenoxy) is 2. The van der Waals surface area contributed by atoms with Crippen LogP contribution in [0.4, 0.5) is 0 Å². The average Bonchev–Trinajstić information content (AvgIpc) is 2.24. The van der Waals surface area contributed by atoms with Crippen LogP contribution in [0.3, 0.4) is 0 Å². The topological polar surface area (TPSA) is 35.5 Å². The summed E-state index contributed by atoms with van der Waals surface area (Å²) in [7, 11) is 0. The van der Waals surface area contributed by atoms with Crippen LogP contribution in [-0.4, -0.2) is 25.8 Å². The molecule has 0 aliphatic heterocycles. The normalized spacial score (nSPS) is 15.4. The summed E-state index contributed by atoms with van der Waals surface area (Å²) in [5, 5.41) is 0. The van der Waals surface area contributed by atoms with E-state index in [1.165, 1.54) is 0 Å². The highest BCUT2D eigenvalue weighted by Crippen LogP contribution is 2.39. The molecule has 0 fully saturated rings. The molecule has 0 heterocycles. The van der Waals surface area contributed by atoms with Gasteiger partial charge in [0.25, 0.3) is 0 Å². The third-order valence-corrected chi connectivity index (χ3v) is 3.43. The highest BCUT2D eigenvalue weighted by Gasteiger charge is 2.45. The largest absolute Gasteiger partial charge is 0.465 e. The average molecular weight is 244 g/mol. The maximum Gasteiger partial charge on any atom is 0.314 e. The lowest BCUT2D eigenvalue weighted by molar-refractivity contribution is -0.167. The van der Waals surface area contributed by atoms with Crippen LogP contribution in [0, 0.1) is 10.8 Å². The molecule has 0 spiro atoms. The van der Waals surface area contributed by atoms with Crippen LogP contribution in [0.2, 0.25) is 0 Å². The molecule has 0 saturated heterocycles. The molecule has 0 rings (SSSR count). The summed E-state index contributed by atoms with van der Waals surface area (Å²) in [6, 6.07) is 0. The molecule has 3 nitrogen and oxygen atoms in total. The molecule has 0 amide bonds. The SMILES string of the molecule is CCCCOC(=O)C(C)(COCC)C(C)(C)C. The molecule has 17 heavy (non-hydrogen) atoms. The van der Waals surface area contributed by atoms with Gasteiger partial charge in [0.1, 0.15) is 0 Å². The molecular weight excluding hydrogens is 216 g/mol. The van der Waals surface area contributed by atoms with Gasteiger partial charge in [0.15, 0.2) is 0 Å². The third kappa shape index (κ3) is 4.66. The van der Waals surface area contributed by atoms with E-state index in [1.54, 1.807) is 0 Å². The molecule has 0 aliphatic carbocycles. The van der Waals surface area contributed by atoms with Gasteiger partial charge in [-0.1, -0.05) is 34.1 Å². The van der Waals surface area contributed by atoms with Crippen molar-refractivity contribution in [3.8, 4) is 0 Å². The van der Waals surface area contributed by atoms with Gasteiger partial charge in [-0.2, -0.15) is 0 Å². The molecule has 0 aliphatic rings. The second kappa shape index (κ2) is 7.00. The number of esters is 1. The van der Waals surface area contributed by atoms with Gasteiger partial charge < -0.3 is 9.47 Å². The highest BCUT2D eigenvalue weighted by molar-refractivity contribution is 5.77. The number of carbonyl (C=O) groups excluding carboxylic acids is 1. The Bertz CT molecular complexity index is 230. The smallest absolute Gasteiger partial charge is 0.314 e. The first-order valence-corrected chi connectivity index (χ1v) is 6.54. The maximum absolute atomic E-state index is 12.2. The molecule has 0 aromatic heterocycles. The Morgan fingerprint density at radius 3 is 2.12 bits per heavy atom. The monoisotopic (exact) mass is 244 g/mol. The Morgan fingerprint density at radius 2 is 1.71 bits per heavy atom. The van der Waals surface area contributed by atoms with Crippen molar-refractivity contribution in [1.82, 2.24) is 0 Å². The lowest BCUT2D eigenvalue weighted by Gasteiger charge is -2.39. The van der Waals surface area contributed by atoms with Crippen molar-refractivity contribution in [2.45, 2.75) is 54.4 Å². The molecule has 1 unspecified atom stereocenters.